The number of fused-ring (bicyclic) bond motifs is 1. The molecule has 0 unspecified atom stereocenters. The predicted octanol–water partition coefficient (Wildman–Crippen LogP) is 6.10. The van der Waals surface area contributed by atoms with Gasteiger partial charge in [0.05, 0.1) is 52.5 Å². The summed E-state index contributed by atoms with van der Waals surface area (Å²) in [6.07, 6.45) is 1.02. The zero-order chi connectivity index (χ0) is 27.5. The third kappa shape index (κ3) is 4.82. The molecule has 2 aliphatic rings. The van der Waals surface area contributed by atoms with Crippen LogP contribution in [0.4, 0.5) is 11.4 Å². The number of anilines is 2. The molecule has 0 aromatic heterocycles. The van der Waals surface area contributed by atoms with Crippen molar-refractivity contribution < 1.29 is 28.5 Å². The van der Waals surface area contributed by atoms with Crippen molar-refractivity contribution in [3.8, 4) is 28.7 Å². The van der Waals surface area contributed by atoms with Crippen LogP contribution in [0.2, 0.25) is 0 Å². The first-order chi connectivity index (χ1) is 19.0. The maximum Gasteiger partial charge on any atom is 0.203 e. The molecule has 0 fully saturated rings. The normalized spacial score (nSPS) is 18.1. The number of benzene rings is 3. The lowest BCUT2D eigenvalue weighted by Crippen LogP contribution is -2.27. The number of carbonyl (C=O) groups excluding carboxylic acids is 1. The minimum Gasteiger partial charge on any atom is -0.493 e. The average Bonchev–Trinajstić information content (AvgIpc) is 3.13. The molecular formula is C31H34N2O6. The number of allylic oxidation sites excluding steroid dienone is 1. The second-order valence-electron chi connectivity index (χ2n) is 9.44. The van der Waals surface area contributed by atoms with Crippen molar-refractivity contribution in [2.75, 3.05) is 45.7 Å². The SMILES string of the molecule is CCOc1ccc([C@H]2CC(=O)C3=C(C2)Nc2ccccc2N[C@H]3c2ccc(OC)c(OC)c2OC)cc1OC. The molecule has 0 amide bonds. The number of rotatable bonds is 8. The van der Waals surface area contributed by atoms with Crippen LogP contribution in [0.15, 0.2) is 65.9 Å². The molecule has 0 saturated heterocycles. The van der Waals surface area contributed by atoms with Gasteiger partial charge in [0.25, 0.3) is 0 Å². The molecule has 0 saturated carbocycles. The van der Waals surface area contributed by atoms with E-state index >= 15 is 0 Å². The van der Waals surface area contributed by atoms with E-state index in [0.29, 0.717) is 53.8 Å². The fourth-order valence-electron chi connectivity index (χ4n) is 5.53. The first-order valence-electron chi connectivity index (χ1n) is 13.0. The lowest BCUT2D eigenvalue weighted by Gasteiger charge is -2.31. The van der Waals surface area contributed by atoms with Gasteiger partial charge in [-0.1, -0.05) is 18.2 Å². The van der Waals surface area contributed by atoms with Crippen molar-refractivity contribution in [2.45, 2.75) is 31.7 Å². The fraction of sp³-hybridized carbons (Fsp3) is 0.323. The first-order valence-corrected chi connectivity index (χ1v) is 13.0. The van der Waals surface area contributed by atoms with E-state index in [1.165, 1.54) is 0 Å². The van der Waals surface area contributed by atoms with Crippen LogP contribution in [0.25, 0.3) is 0 Å². The van der Waals surface area contributed by atoms with E-state index in [0.717, 1.165) is 28.2 Å². The fourth-order valence-corrected chi connectivity index (χ4v) is 5.53. The Morgan fingerprint density at radius 2 is 1.51 bits per heavy atom. The van der Waals surface area contributed by atoms with Crippen LogP contribution in [0.5, 0.6) is 28.7 Å². The molecule has 39 heavy (non-hydrogen) atoms. The molecule has 0 radical (unpaired) electrons. The maximum absolute atomic E-state index is 14.0. The Bertz CT molecular complexity index is 1420. The van der Waals surface area contributed by atoms with Crippen LogP contribution in [0.3, 0.4) is 0 Å². The molecular weight excluding hydrogens is 496 g/mol. The molecule has 5 rings (SSSR count). The molecule has 2 N–H and O–H groups in total. The van der Waals surface area contributed by atoms with Crippen LogP contribution in [-0.2, 0) is 4.79 Å². The highest BCUT2D eigenvalue weighted by Gasteiger charge is 2.38. The molecule has 8 heteroatoms. The molecule has 1 aliphatic heterocycles. The summed E-state index contributed by atoms with van der Waals surface area (Å²) in [5.74, 6) is 2.95. The summed E-state index contributed by atoms with van der Waals surface area (Å²) >= 11 is 0. The van der Waals surface area contributed by atoms with Crippen LogP contribution in [0, 0.1) is 0 Å². The minimum absolute atomic E-state index is 0.0217. The number of nitrogens with one attached hydrogen (secondary N) is 2. The van der Waals surface area contributed by atoms with Gasteiger partial charge in [-0.05, 0) is 61.2 Å². The highest BCUT2D eigenvalue weighted by Crippen LogP contribution is 2.49. The van der Waals surface area contributed by atoms with E-state index in [1.807, 2.05) is 61.5 Å². The van der Waals surface area contributed by atoms with Gasteiger partial charge >= 0.3 is 0 Å². The topological polar surface area (TPSA) is 87.3 Å². The zero-order valence-corrected chi connectivity index (χ0v) is 22.9. The summed E-state index contributed by atoms with van der Waals surface area (Å²) in [6.45, 7) is 2.49. The van der Waals surface area contributed by atoms with E-state index in [9.17, 15) is 4.79 Å². The summed E-state index contributed by atoms with van der Waals surface area (Å²) < 4.78 is 28.3. The Hall–Kier alpha value is -4.33. The van der Waals surface area contributed by atoms with Crippen molar-refractivity contribution in [3.63, 3.8) is 0 Å². The van der Waals surface area contributed by atoms with Gasteiger partial charge in [-0.25, -0.2) is 0 Å². The lowest BCUT2D eigenvalue weighted by atomic mass is 9.78. The van der Waals surface area contributed by atoms with Crippen molar-refractivity contribution in [3.05, 3.63) is 77.0 Å². The van der Waals surface area contributed by atoms with Gasteiger partial charge < -0.3 is 34.3 Å². The van der Waals surface area contributed by atoms with Gasteiger partial charge in [0.15, 0.2) is 28.8 Å². The summed E-state index contributed by atoms with van der Waals surface area (Å²) in [6, 6.07) is 17.2. The van der Waals surface area contributed by atoms with Crippen molar-refractivity contribution >= 4 is 17.2 Å². The maximum atomic E-state index is 14.0. The number of ketones is 1. The second kappa shape index (κ2) is 11.2. The van der Waals surface area contributed by atoms with Crippen LogP contribution < -0.4 is 34.3 Å². The van der Waals surface area contributed by atoms with Gasteiger partial charge in [0.2, 0.25) is 5.75 Å². The summed E-state index contributed by atoms with van der Waals surface area (Å²) in [7, 11) is 6.39. The second-order valence-corrected chi connectivity index (χ2v) is 9.44. The molecule has 1 aliphatic carbocycles. The van der Waals surface area contributed by atoms with E-state index in [1.54, 1.807) is 28.4 Å². The number of Topliss-reactive ketones (excluding diaryl/α,β-unsaturated/α-hetero) is 1. The van der Waals surface area contributed by atoms with Crippen LogP contribution >= 0.6 is 0 Å². The third-order valence-electron chi connectivity index (χ3n) is 7.31. The molecule has 2 atom stereocenters. The smallest absolute Gasteiger partial charge is 0.203 e. The summed E-state index contributed by atoms with van der Waals surface area (Å²) in [4.78, 5) is 14.0. The van der Waals surface area contributed by atoms with Crippen molar-refractivity contribution in [1.82, 2.24) is 0 Å². The predicted molar refractivity (Wildman–Crippen MR) is 151 cm³/mol. The van der Waals surface area contributed by atoms with E-state index < -0.39 is 6.04 Å². The number of carbonyl (C=O) groups is 1. The zero-order valence-electron chi connectivity index (χ0n) is 22.9. The number of ether oxygens (including phenoxy) is 5. The Balaban J connectivity index is 1.62. The molecule has 1 heterocycles. The Morgan fingerprint density at radius 3 is 2.21 bits per heavy atom. The minimum atomic E-state index is -0.464. The molecule has 3 aromatic rings. The summed E-state index contributed by atoms with van der Waals surface area (Å²) in [5, 5.41) is 7.19. The van der Waals surface area contributed by atoms with E-state index in [-0.39, 0.29) is 11.7 Å². The van der Waals surface area contributed by atoms with Gasteiger partial charge in [-0.2, -0.15) is 0 Å². The molecule has 0 bridgehead atoms. The molecule has 8 nitrogen and oxygen atoms in total. The number of hydrogen-bond acceptors (Lipinski definition) is 8. The van der Waals surface area contributed by atoms with Gasteiger partial charge in [-0.15, -0.1) is 0 Å². The summed E-state index contributed by atoms with van der Waals surface area (Å²) in [5.41, 5.74) is 5.18. The van der Waals surface area contributed by atoms with Gasteiger partial charge in [0.1, 0.15) is 0 Å². The monoisotopic (exact) mass is 530 g/mol. The van der Waals surface area contributed by atoms with Gasteiger partial charge in [0, 0.05) is 23.3 Å². The molecule has 3 aromatic carbocycles. The highest BCUT2D eigenvalue weighted by atomic mass is 16.5. The Morgan fingerprint density at radius 1 is 0.795 bits per heavy atom. The van der Waals surface area contributed by atoms with E-state index in [4.69, 9.17) is 23.7 Å². The molecule has 204 valence electrons. The Kier molecular flexibility index (Phi) is 7.54. The van der Waals surface area contributed by atoms with Crippen LogP contribution in [-0.4, -0.2) is 40.8 Å². The van der Waals surface area contributed by atoms with E-state index in [2.05, 4.69) is 10.6 Å². The quantitative estimate of drug-likeness (QED) is 0.361. The number of para-hydroxylation sites is 2. The number of hydrogen-bond donors (Lipinski definition) is 2. The van der Waals surface area contributed by atoms with Crippen molar-refractivity contribution in [2.24, 2.45) is 0 Å². The standard InChI is InChI=1S/C31H34N2O6/c1-6-39-25-13-11-18(17-27(25)36-3)19-15-23-28(24(34)16-19)29(33-22-10-8-7-9-21(22)32-23)20-12-14-26(35-2)31(38-5)30(20)37-4/h7-14,17,19,29,32-33H,6,15-16H2,1-5H3/t19-,29+/m1/s1. The molecule has 0 spiro atoms. The van der Waals surface area contributed by atoms with Crippen molar-refractivity contribution in [1.29, 1.82) is 0 Å². The Labute approximate surface area is 228 Å². The number of methoxy groups -OCH3 is 4. The van der Waals surface area contributed by atoms with Gasteiger partial charge in [-0.3, -0.25) is 4.79 Å². The first kappa shape index (κ1) is 26.3. The van der Waals surface area contributed by atoms with Crippen LogP contribution in [0.1, 0.15) is 42.9 Å². The highest BCUT2D eigenvalue weighted by molar-refractivity contribution is 6.01. The third-order valence-corrected chi connectivity index (χ3v) is 7.31. The largest absolute Gasteiger partial charge is 0.493 e. The lowest BCUT2D eigenvalue weighted by molar-refractivity contribution is -0.116. The average molecular weight is 531 g/mol.